The van der Waals surface area contributed by atoms with Gasteiger partial charge in [-0.15, -0.1) is 0 Å². The molecule has 0 saturated carbocycles. The first-order chi connectivity index (χ1) is 11.5. The first-order valence-electron chi connectivity index (χ1n) is 7.94. The molecule has 0 saturated heterocycles. The zero-order chi connectivity index (χ0) is 17.1. The van der Waals surface area contributed by atoms with E-state index in [1.165, 1.54) is 0 Å². The molecule has 120 valence electrons. The van der Waals surface area contributed by atoms with Crippen molar-refractivity contribution in [2.45, 2.75) is 20.8 Å². The molecule has 3 heteroatoms. The van der Waals surface area contributed by atoms with Crippen LogP contribution in [0.3, 0.4) is 0 Å². The van der Waals surface area contributed by atoms with Crippen LogP contribution in [-0.2, 0) is 0 Å². The highest BCUT2D eigenvalue weighted by Crippen LogP contribution is 2.22. The Labute approximate surface area is 142 Å². The van der Waals surface area contributed by atoms with E-state index in [-0.39, 0.29) is 5.91 Å². The Kier molecular flexibility index (Phi) is 4.43. The minimum atomic E-state index is -0.0886. The largest absolute Gasteiger partial charge is 0.322 e. The summed E-state index contributed by atoms with van der Waals surface area (Å²) >= 11 is 0. The van der Waals surface area contributed by atoms with E-state index >= 15 is 0 Å². The predicted octanol–water partition coefficient (Wildman–Crippen LogP) is 4.93. The maximum absolute atomic E-state index is 12.4. The lowest BCUT2D eigenvalue weighted by Crippen LogP contribution is -2.12. The molecular weight excluding hydrogens is 296 g/mol. The molecule has 1 amide bonds. The van der Waals surface area contributed by atoms with Gasteiger partial charge in [0.1, 0.15) is 0 Å². The van der Waals surface area contributed by atoms with Gasteiger partial charge in [0.25, 0.3) is 5.91 Å². The summed E-state index contributed by atoms with van der Waals surface area (Å²) in [5, 5.41) is 2.95. The van der Waals surface area contributed by atoms with Crippen LogP contribution in [0.4, 0.5) is 5.69 Å². The Hall–Kier alpha value is -2.94. The summed E-state index contributed by atoms with van der Waals surface area (Å²) in [5.74, 6) is -0.0886. The van der Waals surface area contributed by atoms with Crippen LogP contribution in [0.5, 0.6) is 0 Å². The van der Waals surface area contributed by atoms with Gasteiger partial charge in [0.05, 0.1) is 0 Å². The van der Waals surface area contributed by atoms with Crippen molar-refractivity contribution in [1.82, 2.24) is 4.98 Å². The first kappa shape index (κ1) is 15.9. The van der Waals surface area contributed by atoms with Gasteiger partial charge in [0.2, 0.25) is 0 Å². The summed E-state index contributed by atoms with van der Waals surface area (Å²) in [4.78, 5) is 16.6. The zero-order valence-corrected chi connectivity index (χ0v) is 14.1. The van der Waals surface area contributed by atoms with Crippen LogP contribution >= 0.6 is 0 Å². The Morgan fingerprint density at radius 2 is 1.50 bits per heavy atom. The smallest absolute Gasteiger partial charge is 0.255 e. The van der Waals surface area contributed by atoms with Crippen molar-refractivity contribution in [1.29, 1.82) is 0 Å². The van der Waals surface area contributed by atoms with Crippen LogP contribution in [-0.4, -0.2) is 10.9 Å². The average Bonchev–Trinajstić information content (AvgIpc) is 2.54. The van der Waals surface area contributed by atoms with E-state index in [9.17, 15) is 4.79 Å². The van der Waals surface area contributed by atoms with Gasteiger partial charge in [0.15, 0.2) is 0 Å². The van der Waals surface area contributed by atoms with Gasteiger partial charge in [-0.3, -0.25) is 9.78 Å². The average molecular weight is 316 g/mol. The lowest BCUT2D eigenvalue weighted by atomic mass is 10.1. The predicted molar refractivity (Wildman–Crippen MR) is 98.3 cm³/mol. The Morgan fingerprint density at radius 1 is 0.833 bits per heavy atom. The number of nitrogens with zero attached hydrogens (tertiary/aromatic N) is 1. The van der Waals surface area contributed by atoms with Crippen LogP contribution in [0.1, 0.15) is 27.2 Å². The molecule has 3 nitrogen and oxygen atoms in total. The van der Waals surface area contributed by atoms with E-state index in [4.69, 9.17) is 0 Å². The number of nitrogens with one attached hydrogen (secondary N) is 1. The number of carbonyl (C=O) groups is 1. The Bertz CT molecular complexity index is 862. The van der Waals surface area contributed by atoms with E-state index in [2.05, 4.69) is 16.4 Å². The number of carbonyl (C=O) groups excluding carboxylic acids is 1. The van der Waals surface area contributed by atoms with Gasteiger partial charge in [0, 0.05) is 23.1 Å². The molecule has 2 aromatic carbocycles. The SMILES string of the molecule is Cc1cc(C)cc(C(=O)Nc2ccc(-c3ccnc(C)c3)cc2)c1. The van der Waals surface area contributed by atoms with Crippen molar-refractivity contribution in [3.05, 3.63) is 83.2 Å². The molecule has 0 aliphatic carbocycles. The van der Waals surface area contributed by atoms with Crippen molar-refractivity contribution in [3.8, 4) is 11.1 Å². The maximum atomic E-state index is 12.4. The molecule has 0 unspecified atom stereocenters. The summed E-state index contributed by atoms with van der Waals surface area (Å²) in [7, 11) is 0. The first-order valence-corrected chi connectivity index (χ1v) is 7.94. The van der Waals surface area contributed by atoms with Crippen molar-refractivity contribution in [2.75, 3.05) is 5.32 Å². The van der Waals surface area contributed by atoms with Crippen LogP contribution < -0.4 is 5.32 Å². The lowest BCUT2D eigenvalue weighted by molar-refractivity contribution is 0.102. The number of benzene rings is 2. The quantitative estimate of drug-likeness (QED) is 0.744. The van der Waals surface area contributed by atoms with Crippen molar-refractivity contribution in [2.24, 2.45) is 0 Å². The molecule has 3 aromatic rings. The second-order valence-corrected chi connectivity index (χ2v) is 6.09. The lowest BCUT2D eigenvalue weighted by Gasteiger charge is -2.08. The molecule has 0 radical (unpaired) electrons. The normalized spacial score (nSPS) is 10.5. The highest BCUT2D eigenvalue weighted by molar-refractivity contribution is 6.04. The van der Waals surface area contributed by atoms with Crippen LogP contribution in [0.25, 0.3) is 11.1 Å². The molecule has 0 atom stereocenters. The van der Waals surface area contributed by atoms with Crippen LogP contribution in [0, 0.1) is 20.8 Å². The van der Waals surface area contributed by atoms with Crippen LogP contribution in [0.15, 0.2) is 60.8 Å². The van der Waals surface area contributed by atoms with Gasteiger partial charge in [-0.1, -0.05) is 29.3 Å². The molecule has 0 aliphatic heterocycles. The highest BCUT2D eigenvalue weighted by Gasteiger charge is 2.07. The third kappa shape index (κ3) is 3.69. The Balaban J connectivity index is 1.77. The minimum absolute atomic E-state index is 0.0886. The number of anilines is 1. The molecule has 1 heterocycles. The van der Waals surface area contributed by atoms with Crippen molar-refractivity contribution in [3.63, 3.8) is 0 Å². The second-order valence-electron chi connectivity index (χ2n) is 6.09. The highest BCUT2D eigenvalue weighted by atomic mass is 16.1. The monoisotopic (exact) mass is 316 g/mol. The van der Waals surface area contributed by atoms with Crippen molar-refractivity contribution < 1.29 is 4.79 Å². The van der Waals surface area contributed by atoms with Gasteiger partial charge < -0.3 is 5.32 Å². The fourth-order valence-corrected chi connectivity index (χ4v) is 2.78. The van der Waals surface area contributed by atoms with Gasteiger partial charge in [-0.25, -0.2) is 0 Å². The topological polar surface area (TPSA) is 42.0 Å². The molecule has 0 fully saturated rings. The van der Waals surface area contributed by atoms with Gasteiger partial charge >= 0.3 is 0 Å². The fraction of sp³-hybridized carbons (Fsp3) is 0.143. The number of pyridine rings is 1. The summed E-state index contributed by atoms with van der Waals surface area (Å²) in [6, 6.07) is 17.7. The van der Waals surface area contributed by atoms with E-state index in [1.54, 1.807) is 6.20 Å². The molecule has 1 N–H and O–H groups in total. The van der Waals surface area contributed by atoms with Crippen molar-refractivity contribution >= 4 is 11.6 Å². The van der Waals surface area contributed by atoms with E-state index in [0.717, 1.165) is 33.6 Å². The summed E-state index contributed by atoms with van der Waals surface area (Å²) in [6.07, 6.45) is 1.81. The fourth-order valence-electron chi connectivity index (χ4n) is 2.78. The third-order valence-electron chi connectivity index (χ3n) is 3.86. The van der Waals surface area contributed by atoms with E-state index in [1.807, 2.05) is 69.3 Å². The number of amides is 1. The summed E-state index contributed by atoms with van der Waals surface area (Å²) < 4.78 is 0. The Morgan fingerprint density at radius 3 is 2.12 bits per heavy atom. The second kappa shape index (κ2) is 6.67. The van der Waals surface area contributed by atoms with E-state index < -0.39 is 0 Å². The summed E-state index contributed by atoms with van der Waals surface area (Å²) in [6.45, 7) is 5.96. The third-order valence-corrected chi connectivity index (χ3v) is 3.86. The molecule has 0 bridgehead atoms. The number of hydrogen-bond donors (Lipinski definition) is 1. The number of hydrogen-bond acceptors (Lipinski definition) is 2. The standard InChI is InChI=1S/C21H20N2O/c1-14-10-15(2)12-19(11-14)21(24)23-20-6-4-17(5-7-20)18-8-9-22-16(3)13-18/h4-13H,1-3H3,(H,23,24). The number of rotatable bonds is 3. The molecule has 0 aliphatic rings. The van der Waals surface area contributed by atoms with Gasteiger partial charge in [-0.2, -0.15) is 0 Å². The van der Waals surface area contributed by atoms with E-state index in [0.29, 0.717) is 5.56 Å². The molecule has 1 aromatic heterocycles. The summed E-state index contributed by atoms with van der Waals surface area (Å²) in [5.41, 5.74) is 6.85. The van der Waals surface area contributed by atoms with Gasteiger partial charge in [-0.05, 0) is 68.3 Å². The molecule has 0 spiro atoms. The minimum Gasteiger partial charge on any atom is -0.322 e. The zero-order valence-electron chi connectivity index (χ0n) is 14.1. The molecular formula is C21H20N2O. The molecule has 3 rings (SSSR count). The van der Waals surface area contributed by atoms with Crippen LogP contribution in [0.2, 0.25) is 0 Å². The molecule has 24 heavy (non-hydrogen) atoms. The number of aryl methyl sites for hydroxylation is 3. The number of aromatic nitrogens is 1. The maximum Gasteiger partial charge on any atom is 0.255 e.